The van der Waals surface area contributed by atoms with Gasteiger partial charge in [0.15, 0.2) is 0 Å². The Balaban J connectivity index is 2.11. The molecule has 0 N–H and O–H groups in total. The topological polar surface area (TPSA) is 37.4 Å². The fourth-order valence-corrected chi connectivity index (χ4v) is 2.72. The summed E-state index contributed by atoms with van der Waals surface area (Å²) in [5, 5.41) is 0. The Hall–Kier alpha value is -1.12. The van der Waals surface area contributed by atoms with Gasteiger partial charge < -0.3 is 0 Å². The normalized spacial score (nSPS) is 29.8. The van der Waals surface area contributed by atoms with Gasteiger partial charge in [-0.3, -0.25) is 14.5 Å². The summed E-state index contributed by atoms with van der Waals surface area (Å²) in [6, 6.07) is 0. The third-order valence-electron chi connectivity index (χ3n) is 3.70. The van der Waals surface area contributed by atoms with Crippen molar-refractivity contribution in [3.05, 3.63) is 12.2 Å². The first kappa shape index (κ1) is 11.4. The van der Waals surface area contributed by atoms with Crippen LogP contribution in [0.3, 0.4) is 0 Å². The number of unbranched alkanes of at least 4 members (excludes halogenated alkanes) is 1. The van der Waals surface area contributed by atoms with Gasteiger partial charge in [-0.05, 0) is 25.7 Å². The summed E-state index contributed by atoms with van der Waals surface area (Å²) in [5.41, 5.74) is 1.12. The van der Waals surface area contributed by atoms with Gasteiger partial charge in [-0.25, -0.2) is 0 Å². The highest BCUT2D eigenvalue weighted by molar-refractivity contribution is 6.05. The van der Waals surface area contributed by atoms with Crippen LogP contribution in [0.25, 0.3) is 0 Å². The molecule has 88 valence electrons. The van der Waals surface area contributed by atoms with Gasteiger partial charge in [0.2, 0.25) is 11.8 Å². The van der Waals surface area contributed by atoms with Gasteiger partial charge in [-0.1, -0.05) is 25.5 Å². The Morgan fingerprint density at radius 3 is 2.69 bits per heavy atom. The quantitative estimate of drug-likeness (QED) is 0.541. The van der Waals surface area contributed by atoms with Crippen molar-refractivity contribution in [1.82, 2.24) is 4.90 Å². The van der Waals surface area contributed by atoms with E-state index in [1.54, 1.807) is 0 Å². The fourth-order valence-electron chi connectivity index (χ4n) is 2.72. The van der Waals surface area contributed by atoms with E-state index in [9.17, 15) is 9.59 Å². The van der Waals surface area contributed by atoms with Crippen LogP contribution in [-0.4, -0.2) is 23.3 Å². The van der Waals surface area contributed by atoms with Gasteiger partial charge in [0.1, 0.15) is 0 Å². The second-order valence-electron chi connectivity index (χ2n) is 4.89. The lowest BCUT2D eigenvalue weighted by atomic mass is 9.79. The maximum Gasteiger partial charge on any atom is 0.233 e. The van der Waals surface area contributed by atoms with Crippen LogP contribution in [0.2, 0.25) is 0 Å². The summed E-state index contributed by atoms with van der Waals surface area (Å²) < 4.78 is 0. The van der Waals surface area contributed by atoms with Crippen LogP contribution in [0.5, 0.6) is 0 Å². The molecular formula is C13H19NO2. The Labute approximate surface area is 96.5 Å². The molecule has 2 rings (SSSR count). The van der Waals surface area contributed by atoms with Crippen molar-refractivity contribution in [3.63, 3.8) is 0 Å². The zero-order valence-corrected chi connectivity index (χ0v) is 9.87. The van der Waals surface area contributed by atoms with Crippen molar-refractivity contribution >= 4 is 11.8 Å². The zero-order valence-electron chi connectivity index (χ0n) is 9.87. The number of rotatable bonds is 3. The number of fused-ring (bicyclic) bond motifs is 1. The summed E-state index contributed by atoms with van der Waals surface area (Å²) in [6.07, 6.45) is 4.37. The molecule has 2 aliphatic rings. The van der Waals surface area contributed by atoms with Gasteiger partial charge in [0, 0.05) is 6.54 Å². The van der Waals surface area contributed by atoms with Crippen molar-refractivity contribution in [1.29, 1.82) is 0 Å². The monoisotopic (exact) mass is 221 g/mol. The molecule has 0 aromatic carbocycles. The molecule has 0 bridgehead atoms. The first-order valence-corrected chi connectivity index (χ1v) is 6.17. The molecule has 3 nitrogen and oxygen atoms in total. The molecular weight excluding hydrogens is 202 g/mol. The molecule has 1 saturated heterocycles. The predicted octanol–water partition coefficient (Wildman–Crippen LogP) is 2.13. The van der Waals surface area contributed by atoms with Gasteiger partial charge in [0.25, 0.3) is 0 Å². The number of amides is 2. The number of hydrogen-bond donors (Lipinski definition) is 0. The minimum atomic E-state index is -0.0920. The largest absolute Gasteiger partial charge is 0.282 e. The first-order chi connectivity index (χ1) is 7.65. The number of hydrogen-bond acceptors (Lipinski definition) is 2. The first-order valence-electron chi connectivity index (χ1n) is 6.17. The average Bonchev–Trinajstić information content (AvgIpc) is 2.50. The molecule has 0 aromatic rings. The lowest BCUT2D eigenvalue weighted by molar-refractivity contribution is -0.139. The van der Waals surface area contributed by atoms with Gasteiger partial charge in [-0.2, -0.15) is 0 Å². The molecule has 2 amide bonds. The SMILES string of the molecule is C=C1CCC2C(=O)N(CCCC)C(=O)C2C1. The van der Waals surface area contributed by atoms with E-state index in [2.05, 4.69) is 13.5 Å². The van der Waals surface area contributed by atoms with Crippen LogP contribution < -0.4 is 0 Å². The van der Waals surface area contributed by atoms with Crippen LogP contribution in [0.4, 0.5) is 0 Å². The summed E-state index contributed by atoms with van der Waals surface area (Å²) in [4.78, 5) is 25.6. The lowest BCUT2D eigenvalue weighted by Gasteiger charge is -2.22. The van der Waals surface area contributed by atoms with Crippen molar-refractivity contribution in [2.45, 2.75) is 39.0 Å². The molecule has 1 aliphatic heterocycles. The Bertz CT molecular complexity index is 335. The number of nitrogens with zero attached hydrogens (tertiary/aromatic N) is 1. The van der Waals surface area contributed by atoms with Crippen LogP contribution >= 0.6 is 0 Å². The van der Waals surface area contributed by atoms with Gasteiger partial charge >= 0.3 is 0 Å². The molecule has 0 spiro atoms. The number of imide groups is 1. The number of carbonyl (C=O) groups is 2. The van der Waals surface area contributed by atoms with Gasteiger partial charge in [0.05, 0.1) is 11.8 Å². The van der Waals surface area contributed by atoms with Crippen LogP contribution in [0, 0.1) is 11.8 Å². The Morgan fingerprint density at radius 1 is 1.31 bits per heavy atom. The summed E-state index contributed by atoms with van der Waals surface area (Å²) in [5.74, 6) is -0.0271. The second-order valence-corrected chi connectivity index (χ2v) is 4.89. The number of carbonyl (C=O) groups excluding carboxylic acids is 2. The summed E-state index contributed by atoms with van der Waals surface area (Å²) in [7, 11) is 0. The Morgan fingerprint density at radius 2 is 2.00 bits per heavy atom. The molecule has 1 saturated carbocycles. The number of allylic oxidation sites excluding steroid dienone is 1. The van der Waals surface area contributed by atoms with Crippen molar-refractivity contribution in [2.24, 2.45) is 11.8 Å². The molecule has 2 unspecified atom stereocenters. The third kappa shape index (κ3) is 1.79. The van der Waals surface area contributed by atoms with E-state index in [0.717, 1.165) is 37.7 Å². The van der Waals surface area contributed by atoms with E-state index in [0.29, 0.717) is 6.54 Å². The second kappa shape index (κ2) is 4.40. The summed E-state index contributed by atoms with van der Waals surface area (Å²) >= 11 is 0. The van der Waals surface area contributed by atoms with Gasteiger partial charge in [-0.15, -0.1) is 0 Å². The molecule has 1 heterocycles. The standard InChI is InChI=1S/C13H19NO2/c1-3-4-7-14-12(15)10-6-5-9(2)8-11(10)13(14)16/h10-11H,2-8H2,1H3. The highest BCUT2D eigenvalue weighted by Crippen LogP contribution is 2.39. The van der Waals surface area contributed by atoms with E-state index >= 15 is 0 Å². The third-order valence-corrected chi connectivity index (χ3v) is 3.70. The Kier molecular flexibility index (Phi) is 3.13. The van der Waals surface area contributed by atoms with Crippen LogP contribution in [0.15, 0.2) is 12.2 Å². The molecule has 2 atom stereocenters. The van der Waals surface area contributed by atoms with E-state index in [-0.39, 0.29) is 23.7 Å². The molecule has 3 heteroatoms. The maximum atomic E-state index is 12.1. The fraction of sp³-hybridized carbons (Fsp3) is 0.692. The molecule has 2 fully saturated rings. The van der Waals surface area contributed by atoms with E-state index in [1.165, 1.54) is 4.90 Å². The average molecular weight is 221 g/mol. The smallest absolute Gasteiger partial charge is 0.233 e. The predicted molar refractivity (Wildman–Crippen MR) is 61.6 cm³/mol. The van der Waals surface area contributed by atoms with Crippen LogP contribution in [-0.2, 0) is 9.59 Å². The highest BCUT2D eigenvalue weighted by Gasteiger charge is 2.48. The highest BCUT2D eigenvalue weighted by atomic mass is 16.2. The van der Waals surface area contributed by atoms with Crippen molar-refractivity contribution in [3.8, 4) is 0 Å². The molecule has 16 heavy (non-hydrogen) atoms. The van der Waals surface area contributed by atoms with E-state index in [4.69, 9.17) is 0 Å². The van der Waals surface area contributed by atoms with Crippen molar-refractivity contribution < 1.29 is 9.59 Å². The minimum absolute atomic E-state index is 0.0456. The maximum absolute atomic E-state index is 12.1. The minimum Gasteiger partial charge on any atom is -0.282 e. The zero-order chi connectivity index (χ0) is 11.7. The molecule has 1 aliphatic carbocycles. The number of likely N-dealkylation sites (tertiary alicyclic amines) is 1. The lowest BCUT2D eigenvalue weighted by Crippen LogP contribution is -2.31. The van der Waals surface area contributed by atoms with E-state index in [1.807, 2.05) is 0 Å². The summed E-state index contributed by atoms with van der Waals surface area (Å²) in [6.45, 7) is 6.61. The van der Waals surface area contributed by atoms with E-state index < -0.39 is 0 Å². The molecule has 0 radical (unpaired) electrons. The van der Waals surface area contributed by atoms with Crippen molar-refractivity contribution in [2.75, 3.05) is 6.54 Å². The van der Waals surface area contributed by atoms with Crippen LogP contribution in [0.1, 0.15) is 39.0 Å². The molecule has 0 aromatic heterocycles.